The first-order chi connectivity index (χ1) is 15.7. The number of likely N-dealkylation sites (tertiary alicyclic amines) is 1. The van der Waals surface area contributed by atoms with E-state index in [-0.39, 0.29) is 18.6 Å². The fraction of sp³-hybridized carbons (Fsp3) is 0.333. The molecule has 5 nitrogen and oxygen atoms in total. The first-order valence-corrected chi connectivity index (χ1v) is 11.3. The van der Waals surface area contributed by atoms with Crippen molar-refractivity contribution >= 4 is 5.91 Å². The van der Waals surface area contributed by atoms with E-state index in [0.717, 1.165) is 38.2 Å². The SMILES string of the molecule is COCC(=O)N[C@H](c1ccccn1)[C@H]1CCCN(Cc2ccc(-c3ccccc3)cc2)C1. The molecule has 2 atom stereocenters. The molecule has 0 radical (unpaired) electrons. The van der Waals surface area contributed by atoms with E-state index in [1.54, 1.807) is 13.3 Å². The highest BCUT2D eigenvalue weighted by Crippen LogP contribution is 2.30. The van der Waals surface area contributed by atoms with Gasteiger partial charge in [0.05, 0.1) is 11.7 Å². The average Bonchev–Trinajstić information content (AvgIpc) is 2.84. The van der Waals surface area contributed by atoms with Crippen molar-refractivity contribution in [3.63, 3.8) is 0 Å². The van der Waals surface area contributed by atoms with Gasteiger partial charge in [-0.25, -0.2) is 0 Å². The van der Waals surface area contributed by atoms with E-state index in [2.05, 4.69) is 63.7 Å². The topological polar surface area (TPSA) is 54.5 Å². The van der Waals surface area contributed by atoms with Gasteiger partial charge < -0.3 is 10.1 Å². The van der Waals surface area contributed by atoms with Gasteiger partial charge in [-0.05, 0) is 54.1 Å². The van der Waals surface area contributed by atoms with Crippen LogP contribution in [0.3, 0.4) is 0 Å². The molecular formula is C27H31N3O2. The lowest BCUT2D eigenvalue weighted by Crippen LogP contribution is -2.43. The predicted molar refractivity (Wildman–Crippen MR) is 127 cm³/mol. The summed E-state index contributed by atoms with van der Waals surface area (Å²) in [5, 5.41) is 3.16. The molecule has 1 aromatic heterocycles. The van der Waals surface area contributed by atoms with Gasteiger partial charge in [0.1, 0.15) is 6.61 Å². The Morgan fingerprint density at radius 1 is 1.06 bits per heavy atom. The zero-order chi connectivity index (χ0) is 22.2. The minimum Gasteiger partial charge on any atom is -0.375 e. The van der Waals surface area contributed by atoms with Crippen LogP contribution in [0.15, 0.2) is 79.0 Å². The van der Waals surface area contributed by atoms with Crippen LogP contribution in [-0.2, 0) is 16.1 Å². The number of rotatable bonds is 8. The van der Waals surface area contributed by atoms with Crippen LogP contribution >= 0.6 is 0 Å². The van der Waals surface area contributed by atoms with E-state index in [1.165, 1.54) is 16.7 Å². The van der Waals surface area contributed by atoms with Crippen molar-refractivity contribution in [2.24, 2.45) is 5.92 Å². The number of benzene rings is 2. The van der Waals surface area contributed by atoms with Gasteiger partial charge in [-0.15, -0.1) is 0 Å². The molecular weight excluding hydrogens is 398 g/mol. The van der Waals surface area contributed by atoms with Crippen molar-refractivity contribution in [1.82, 2.24) is 15.2 Å². The molecule has 2 heterocycles. The second-order valence-electron chi connectivity index (χ2n) is 8.43. The lowest BCUT2D eigenvalue weighted by Gasteiger charge is -2.37. The van der Waals surface area contributed by atoms with Crippen LogP contribution in [0.1, 0.15) is 30.1 Å². The highest BCUT2D eigenvalue weighted by atomic mass is 16.5. The van der Waals surface area contributed by atoms with E-state index >= 15 is 0 Å². The molecule has 4 rings (SSSR count). The molecule has 1 fully saturated rings. The van der Waals surface area contributed by atoms with Crippen LogP contribution in [0.5, 0.6) is 0 Å². The van der Waals surface area contributed by atoms with Gasteiger partial charge >= 0.3 is 0 Å². The zero-order valence-corrected chi connectivity index (χ0v) is 18.6. The Bertz CT molecular complexity index is 977. The maximum absolute atomic E-state index is 12.3. The molecule has 5 heteroatoms. The number of carbonyl (C=O) groups excluding carboxylic acids is 1. The van der Waals surface area contributed by atoms with Gasteiger partial charge in [0.2, 0.25) is 5.91 Å². The molecule has 32 heavy (non-hydrogen) atoms. The Hall–Kier alpha value is -3.02. The van der Waals surface area contributed by atoms with Crippen LogP contribution in [0.25, 0.3) is 11.1 Å². The summed E-state index contributed by atoms with van der Waals surface area (Å²) in [4.78, 5) is 19.3. The highest BCUT2D eigenvalue weighted by Gasteiger charge is 2.30. The molecule has 1 N–H and O–H groups in total. The smallest absolute Gasteiger partial charge is 0.246 e. The van der Waals surface area contributed by atoms with Crippen LogP contribution in [0.4, 0.5) is 0 Å². The van der Waals surface area contributed by atoms with Crippen LogP contribution in [-0.4, -0.2) is 42.6 Å². The normalized spacial score (nSPS) is 17.6. The maximum atomic E-state index is 12.3. The van der Waals surface area contributed by atoms with Crippen molar-refractivity contribution < 1.29 is 9.53 Å². The molecule has 0 saturated carbocycles. The van der Waals surface area contributed by atoms with Crippen molar-refractivity contribution in [2.75, 3.05) is 26.8 Å². The van der Waals surface area contributed by atoms with E-state index in [9.17, 15) is 4.79 Å². The maximum Gasteiger partial charge on any atom is 0.246 e. The lowest BCUT2D eigenvalue weighted by atomic mass is 9.88. The monoisotopic (exact) mass is 429 g/mol. The number of hydrogen-bond acceptors (Lipinski definition) is 4. The average molecular weight is 430 g/mol. The zero-order valence-electron chi connectivity index (χ0n) is 18.6. The quantitative estimate of drug-likeness (QED) is 0.574. The number of nitrogens with zero attached hydrogens (tertiary/aromatic N) is 2. The molecule has 3 aromatic rings. The standard InChI is InChI=1S/C27H31N3O2/c1-32-20-26(31)29-27(25-11-5-6-16-28-25)24-10-7-17-30(19-24)18-21-12-14-23(15-13-21)22-8-3-2-4-9-22/h2-6,8-9,11-16,24,27H,7,10,17-20H2,1H3,(H,29,31)/t24-,27-/m0/s1. The van der Waals surface area contributed by atoms with Crippen molar-refractivity contribution in [1.29, 1.82) is 0 Å². The van der Waals surface area contributed by atoms with Crippen molar-refractivity contribution in [2.45, 2.75) is 25.4 Å². The molecule has 166 valence electrons. The number of piperidine rings is 1. The Labute approximate surface area is 190 Å². The molecule has 1 aliphatic rings. The first-order valence-electron chi connectivity index (χ1n) is 11.3. The number of hydrogen-bond donors (Lipinski definition) is 1. The van der Waals surface area contributed by atoms with Crippen molar-refractivity contribution in [3.05, 3.63) is 90.3 Å². The van der Waals surface area contributed by atoms with E-state index < -0.39 is 0 Å². The van der Waals surface area contributed by atoms with Crippen molar-refractivity contribution in [3.8, 4) is 11.1 Å². The van der Waals surface area contributed by atoms with Gasteiger partial charge in [-0.2, -0.15) is 0 Å². The third-order valence-electron chi connectivity index (χ3n) is 6.08. The Kier molecular flexibility index (Phi) is 7.64. The Morgan fingerprint density at radius 2 is 1.81 bits per heavy atom. The van der Waals surface area contributed by atoms with Gasteiger partial charge in [0.15, 0.2) is 0 Å². The number of aromatic nitrogens is 1. The summed E-state index contributed by atoms with van der Waals surface area (Å²) in [6.45, 7) is 2.97. The number of pyridine rings is 1. The van der Waals surface area contributed by atoms with Gasteiger partial charge in [0, 0.05) is 26.4 Å². The molecule has 0 aliphatic carbocycles. The minimum absolute atomic E-state index is 0.0630. The number of ether oxygens (including phenoxy) is 1. The molecule has 1 saturated heterocycles. The van der Waals surface area contributed by atoms with Gasteiger partial charge in [0.25, 0.3) is 0 Å². The summed E-state index contributed by atoms with van der Waals surface area (Å²) in [5.41, 5.74) is 4.70. The van der Waals surface area contributed by atoms with Crippen LogP contribution in [0, 0.1) is 5.92 Å². The predicted octanol–water partition coefficient (Wildman–Crippen LogP) is 4.46. The number of nitrogens with one attached hydrogen (secondary N) is 1. The lowest BCUT2D eigenvalue weighted by molar-refractivity contribution is -0.126. The number of amides is 1. The summed E-state index contributed by atoms with van der Waals surface area (Å²) in [7, 11) is 1.54. The summed E-state index contributed by atoms with van der Waals surface area (Å²) < 4.78 is 5.03. The van der Waals surface area contributed by atoms with E-state index in [0.29, 0.717) is 5.92 Å². The second kappa shape index (κ2) is 11.0. The first kappa shape index (κ1) is 22.2. The van der Waals surface area contributed by atoms with E-state index in [1.807, 2.05) is 24.3 Å². The third kappa shape index (κ3) is 5.81. The largest absolute Gasteiger partial charge is 0.375 e. The molecule has 0 unspecified atom stereocenters. The molecule has 1 aliphatic heterocycles. The van der Waals surface area contributed by atoms with E-state index in [4.69, 9.17) is 4.74 Å². The van der Waals surface area contributed by atoms with Crippen LogP contribution in [0.2, 0.25) is 0 Å². The fourth-order valence-corrected chi connectivity index (χ4v) is 4.54. The summed E-state index contributed by atoms with van der Waals surface area (Å²) in [6.07, 6.45) is 3.97. The summed E-state index contributed by atoms with van der Waals surface area (Å²) >= 11 is 0. The Balaban J connectivity index is 1.43. The van der Waals surface area contributed by atoms with Crippen LogP contribution < -0.4 is 5.32 Å². The molecule has 0 bridgehead atoms. The third-order valence-corrected chi connectivity index (χ3v) is 6.08. The molecule has 2 aromatic carbocycles. The fourth-order valence-electron chi connectivity index (χ4n) is 4.54. The minimum atomic E-state index is -0.109. The number of carbonyl (C=O) groups is 1. The summed E-state index contributed by atoms with van der Waals surface area (Å²) in [5.74, 6) is 0.208. The molecule has 1 amide bonds. The Morgan fingerprint density at radius 3 is 2.53 bits per heavy atom. The highest BCUT2D eigenvalue weighted by molar-refractivity contribution is 5.77. The molecule has 0 spiro atoms. The number of methoxy groups -OCH3 is 1. The van der Waals surface area contributed by atoms with Gasteiger partial charge in [-0.1, -0.05) is 60.7 Å². The second-order valence-corrected chi connectivity index (χ2v) is 8.43. The van der Waals surface area contributed by atoms with Gasteiger partial charge in [-0.3, -0.25) is 14.7 Å². The summed E-state index contributed by atoms with van der Waals surface area (Å²) in [6, 6.07) is 25.1.